The zero-order valence-corrected chi connectivity index (χ0v) is 10.4. The third kappa shape index (κ3) is 1.75. The third-order valence-corrected chi connectivity index (χ3v) is 4.35. The molecule has 5 heteroatoms. The molecule has 0 fully saturated rings. The average Bonchev–Trinajstić information content (AvgIpc) is 2.94. The van der Waals surface area contributed by atoms with E-state index < -0.39 is 0 Å². The molecule has 2 N–H and O–H groups in total. The second-order valence-corrected chi connectivity index (χ2v) is 5.23. The van der Waals surface area contributed by atoms with Gasteiger partial charge in [0.15, 0.2) is 0 Å². The highest BCUT2D eigenvalue weighted by atomic mass is 32.1. The standard InChI is InChI=1S/C12H14N4S/c1-7-12(17-16-15-7)10(13)9-5-4-8-3-2-6-14-11(8)9/h2-3,6,9-10H,4-5,13H2,1H3. The van der Waals surface area contributed by atoms with Gasteiger partial charge in [-0.1, -0.05) is 10.6 Å². The van der Waals surface area contributed by atoms with E-state index in [1.54, 1.807) is 0 Å². The maximum atomic E-state index is 6.35. The molecule has 17 heavy (non-hydrogen) atoms. The van der Waals surface area contributed by atoms with Gasteiger partial charge in [0.05, 0.1) is 16.6 Å². The first-order valence-electron chi connectivity index (χ1n) is 5.75. The number of fused-ring (bicyclic) bond motifs is 1. The second-order valence-electron chi connectivity index (χ2n) is 4.44. The third-order valence-electron chi connectivity index (χ3n) is 3.42. The van der Waals surface area contributed by atoms with Crippen molar-refractivity contribution < 1.29 is 0 Å². The van der Waals surface area contributed by atoms with Gasteiger partial charge in [-0.05, 0) is 42.9 Å². The lowest BCUT2D eigenvalue weighted by Crippen LogP contribution is -2.18. The lowest BCUT2D eigenvalue weighted by molar-refractivity contribution is 0.545. The maximum absolute atomic E-state index is 6.35. The Kier molecular flexibility index (Phi) is 2.64. The highest BCUT2D eigenvalue weighted by Crippen LogP contribution is 2.40. The summed E-state index contributed by atoms with van der Waals surface area (Å²) in [6.45, 7) is 1.97. The van der Waals surface area contributed by atoms with E-state index in [9.17, 15) is 0 Å². The summed E-state index contributed by atoms with van der Waals surface area (Å²) in [6.07, 6.45) is 4.00. The number of aryl methyl sites for hydroxylation is 2. The van der Waals surface area contributed by atoms with Crippen molar-refractivity contribution in [2.24, 2.45) is 5.73 Å². The van der Waals surface area contributed by atoms with Crippen LogP contribution in [0.25, 0.3) is 0 Å². The maximum Gasteiger partial charge on any atom is 0.0772 e. The minimum absolute atomic E-state index is 0.0221. The van der Waals surface area contributed by atoms with Crippen LogP contribution in [0.5, 0.6) is 0 Å². The zero-order valence-electron chi connectivity index (χ0n) is 9.63. The van der Waals surface area contributed by atoms with Crippen molar-refractivity contribution in [1.29, 1.82) is 0 Å². The molecule has 0 aliphatic heterocycles. The van der Waals surface area contributed by atoms with Gasteiger partial charge < -0.3 is 5.73 Å². The first kappa shape index (κ1) is 10.8. The van der Waals surface area contributed by atoms with Crippen LogP contribution in [0.2, 0.25) is 0 Å². The van der Waals surface area contributed by atoms with Gasteiger partial charge in [0, 0.05) is 17.8 Å². The first-order chi connectivity index (χ1) is 8.27. The van der Waals surface area contributed by atoms with Crippen molar-refractivity contribution in [3.63, 3.8) is 0 Å². The Morgan fingerprint density at radius 3 is 3.18 bits per heavy atom. The van der Waals surface area contributed by atoms with Crippen molar-refractivity contribution in [3.8, 4) is 0 Å². The molecule has 2 aromatic heterocycles. The number of nitrogens with zero attached hydrogens (tertiary/aromatic N) is 3. The molecule has 2 heterocycles. The molecule has 0 aromatic carbocycles. The molecule has 1 aliphatic rings. The molecule has 1 aliphatic carbocycles. The molecule has 88 valence electrons. The van der Waals surface area contributed by atoms with Crippen LogP contribution in [0.4, 0.5) is 0 Å². The summed E-state index contributed by atoms with van der Waals surface area (Å²) in [6, 6.07) is 4.12. The van der Waals surface area contributed by atoms with Crippen molar-refractivity contribution in [1.82, 2.24) is 14.6 Å². The van der Waals surface area contributed by atoms with Crippen LogP contribution in [0, 0.1) is 6.92 Å². The molecular formula is C12H14N4S. The van der Waals surface area contributed by atoms with Crippen LogP contribution in [0.15, 0.2) is 18.3 Å². The predicted molar refractivity (Wildman–Crippen MR) is 66.9 cm³/mol. The molecule has 0 saturated carbocycles. The normalized spacial score (nSPS) is 20.2. The summed E-state index contributed by atoms with van der Waals surface area (Å²) >= 11 is 1.41. The number of hydrogen-bond donors (Lipinski definition) is 1. The SMILES string of the molecule is Cc1nnsc1C(N)C1CCc2cccnc21. The van der Waals surface area contributed by atoms with Crippen LogP contribution < -0.4 is 5.73 Å². The molecule has 0 radical (unpaired) electrons. The Morgan fingerprint density at radius 2 is 2.41 bits per heavy atom. The van der Waals surface area contributed by atoms with Gasteiger partial charge in [-0.15, -0.1) is 5.10 Å². The van der Waals surface area contributed by atoms with Crippen molar-refractivity contribution in [2.45, 2.75) is 31.7 Å². The van der Waals surface area contributed by atoms with Crippen molar-refractivity contribution in [3.05, 3.63) is 40.2 Å². The molecule has 0 spiro atoms. The number of aromatic nitrogens is 3. The van der Waals surface area contributed by atoms with E-state index in [2.05, 4.69) is 20.6 Å². The lowest BCUT2D eigenvalue weighted by Gasteiger charge is -2.18. The van der Waals surface area contributed by atoms with E-state index in [0.717, 1.165) is 29.1 Å². The molecule has 0 bridgehead atoms. The Bertz CT molecular complexity index is 537. The van der Waals surface area contributed by atoms with Gasteiger partial charge in [-0.2, -0.15) is 0 Å². The van der Waals surface area contributed by atoms with Gasteiger partial charge in [-0.25, -0.2) is 0 Å². The number of hydrogen-bond acceptors (Lipinski definition) is 5. The van der Waals surface area contributed by atoms with Crippen LogP contribution >= 0.6 is 11.5 Å². The van der Waals surface area contributed by atoms with E-state index >= 15 is 0 Å². The van der Waals surface area contributed by atoms with E-state index in [0.29, 0.717) is 5.92 Å². The Labute approximate surface area is 104 Å². The topological polar surface area (TPSA) is 64.7 Å². The van der Waals surface area contributed by atoms with Gasteiger partial charge in [0.1, 0.15) is 0 Å². The zero-order chi connectivity index (χ0) is 11.8. The molecule has 0 amide bonds. The largest absolute Gasteiger partial charge is 0.323 e. The fourth-order valence-corrected chi connectivity index (χ4v) is 3.23. The summed E-state index contributed by atoms with van der Waals surface area (Å²) in [7, 11) is 0. The average molecular weight is 246 g/mol. The summed E-state index contributed by atoms with van der Waals surface area (Å²) in [4.78, 5) is 5.58. The van der Waals surface area contributed by atoms with E-state index in [-0.39, 0.29) is 6.04 Å². The monoisotopic (exact) mass is 246 g/mol. The molecule has 0 saturated heterocycles. The van der Waals surface area contributed by atoms with Crippen LogP contribution in [-0.4, -0.2) is 14.6 Å². The summed E-state index contributed by atoms with van der Waals surface area (Å²) in [5.74, 6) is 0.312. The Morgan fingerprint density at radius 1 is 1.53 bits per heavy atom. The van der Waals surface area contributed by atoms with Crippen LogP contribution in [0.1, 0.15) is 40.2 Å². The highest BCUT2D eigenvalue weighted by molar-refractivity contribution is 7.05. The van der Waals surface area contributed by atoms with Gasteiger partial charge in [0.2, 0.25) is 0 Å². The molecular weight excluding hydrogens is 232 g/mol. The van der Waals surface area contributed by atoms with E-state index in [1.165, 1.54) is 17.1 Å². The predicted octanol–water partition coefficient (Wildman–Crippen LogP) is 1.97. The minimum Gasteiger partial charge on any atom is -0.323 e. The smallest absolute Gasteiger partial charge is 0.0772 e. The lowest BCUT2D eigenvalue weighted by atomic mass is 9.96. The van der Waals surface area contributed by atoms with Crippen molar-refractivity contribution >= 4 is 11.5 Å². The highest BCUT2D eigenvalue weighted by Gasteiger charge is 2.31. The fourth-order valence-electron chi connectivity index (χ4n) is 2.52. The molecule has 4 nitrogen and oxygen atoms in total. The Hall–Kier alpha value is -1.33. The second kappa shape index (κ2) is 4.16. The first-order valence-corrected chi connectivity index (χ1v) is 6.53. The Balaban J connectivity index is 1.95. The van der Waals surface area contributed by atoms with Crippen LogP contribution in [0.3, 0.4) is 0 Å². The van der Waals surface area contributed by atoms with E-state index in [1.807, 2.05) is 19.2 Å². The fraction of sp³-hybridized carbons (Fsp3) is 0.417. The summed E-state index contributed by atoms with van der Waals surface area (Å²) in [5.41, 5.74) is 9.80. The van der Waals surface area contributed by atoms with Crippen molar-refractivity contribution in [2.75, 3.05) is 0 Å². The quantitative estimate of drug-likeness (QED) is 0.880. The number of pyridine rings is 1. The molecule has 3 rings (SSSR count). The number of nitrogens with two attached hydrogens (primary N) is 1. The minimum atomic E-state index is -0.0221. The number of rotatable bonds is 2. The molecule has 2 unspecified atom stereocenters. The van der Waals surface area contributed by atoms with E-state index in [4.69, 9.17) is 5.73 Å². The van der Waals surface area contributed by atoms with Gasteiger partial charge in [0.25, 0.3) is 0 Å². The molecule has 2 aromatic rings. The summed E-state index contributed by atoms with van der Waals surface area (Å²) < 4.78 is 3.96. The van der Waals surface area contributed by atoms with Crippen LogP contribution in [-0.2, 0) is 6.42 Å². The van der Waals surface area contributed by atoms with Gasteiger partial charge in [-0.3, -0.25) is 4.98 Å². The van der Waals surface area contributed by atoms with Gasteiger partial charge >= 0.3 is 0 Å². The summed E-state index contributed by atoms with van der Waals surface area (Å²) in [5, 5.41) is 4.03. The molecule has 2 atom stereocenters.